The maximum atomic E-state index is 12.1. The molecule has 2 aromatic heterocycles. The Balaban J connectivity index is 1.80. The number of hydrogen-bond acceptors (Lipinski definition) is 3. The average molecular weight is 256 g/mol. The van der Waals surface area contributed by atoms with Crippen LogP contribution in [0.25, 0.3) is 0 Å². The highest BCUT2D eigenvalue weighted by molar-refractivity contribution is 5.91. The highest BCUT2D eigenvalue weighted by Gasteiger charge is 2.34. The van der Waals surface area contributed by atoms with Gasteiger partial charge in [-0.05, 0) is 49.9 Å². The quantitative estimate of drug-likeness (QED) is 0.915. The summed E-state index contributed by atoms with van der Waals surface area (Å²) in [4.78, 5) is 16.6. The van der Waals surface area contributed by atoms with Crippen molar-refractivity contribution >= 4 is 5.91 Å². The number of pyridine rings is 1. The summed E-state index contributed by atoms with van der Waals surface area (Å²) in [6.07, 6.45) is 3.78. The largest absolute Gasteiger partial charge is 0.459 e. The van der Waals surface area contributed by atoms with E-state index in [0.717, 1.165) is 24.2 Å². The molecule has 1 atom stereocenters. The molecule has 1 fully saturated rings. The van der Waals surface area contributed by atoms with Gasteiger partial charge in [0.1, 0.15) is 0 Å². The molecule has 0 bridgehead atoms. The van der Waals surface area contributed by atoms with E-state index in [2.05, 4.69) is 10.3 Å². The van der Waals surface area contributed by atoms with E-state index in [-0.39, 0.29) is 11.9 Å². The maximum absolute atomic E-state index is 12.1. The monoisotopic (exact) mass is 256 g/mol. The van der Waals surface area contributed by atoms with Crippen LogP contribution in [-0.4, -0.2) is 10.9 Å². The van der Waals surface area contributed by atoms with Gasteiger partial charge in [-0.2, -0.15) is 0 Å². The second-order valence-corrected chi connectivity index (χ2v) is 4.97. The summed E-state index contributed by atoms with van der Waals surface area (Å²) in [6.45, 7) is 1.96. The van der Waals surface area contributed by atoms with Crippen LogP contribution < -0.4 is 5.32 Å². The molecule has 4 heteroatoms. The Kier molecular flexibility index (Phi) is 3.07. The highest BCUT2D eigenvalue weighted by atomic mass is 16.3. The lowest BCUT2D eigenvalue weighted by molar-refractivity contribution is 0.0902. The van der Waals surface area contributed by atoms with Gasteiger partial charge < -0.3 is 9.73 Å². The van der Waals surface area contributed by atoms with Crippen molar-refractivity contribution in [2.24, 2.45) is 5.92 Å². The van der Waals surface area contributed by atoms with Gasteiger partial charge in [0.25, 0.3) is 5.91 Å². The number of furan rings is 1. The predicted molar refractivity (Wildman–Crippen MR) is 70.6 cm³/mol. The third kappa shape index (κ3) is 2.67. The number of amides is 1. The second-order valence-electron chi connectivity index (χ2n) is 4.97. The number of aryl methyl sites for hydroxylation is 1. The van der Waals surface area contributed by atoms with Gasteiger partial charge in [0.2, 0.25) is 0 Å². The van der Waals surface area contributed by atoms with E-state index in [0.29, 0.717) is 11.7 Å². The van der Waals surface area contributed by atoms with E-state index >= 15 is 0 Å². The summed E-state index contributed by atoms with van der Waals surface area (Å²) in [7, 11) is 0. The lowest BCUT2D eigenvalue weighted by Gasteiger charge is -2.17. The number of nitrogens with zero attached hydrogens (tertiary/aromatic N) is 1. The van der Waals surface area contributed by atoms with E-state index in [1.807, 2.05) is 25.1 Å². The predicted octanol–water partition coefficient (Wildman–Crippen LogP) is 2.86. The highest BCUT2D eigenvalue weighted by Crippen LogP contribution is 2.40. The Hall–Kier alpha value is -2.10. The van der Waals surface area contributed by atoms with Gasteiger partial charge in [0.15, 0.2) is 5.76 Å². The lowest BCUT2D eigenvalue weighted by Crippen LogP contribution is -2.30. The molecule has 2 heterocycles. The zero-order valence-electron chi connectivity index (χ0n) is 10.8. The average Bonchev–Trinajstić information content (AvgIpc) is 3.09. The fourth-order valence-electron chi connectivity index (χ4n) is 2.22. The molecule has 0 aliphatic heterocycles. The number of carbonyl (C=O) groups is 1. The van der Waals surface area contributed by atoms with Crippen molar-refractivity contribution in [2.45, 2.75) is 25.8 Å². The molecular weight excluding hydrogens is 240 g/mol. The zero-order chi connectivity index (χ0) is 13.2. The minimum atomic E-state index is -0.176. The first-order valence-electron chi connectivity index (χ1n) is 6.52. The van der Waals surface area contributed by atoms with Gasteiger partial charge in [-0.1, -0.05) is 6.07 Å². The first kappa shape index (κ1) is 12.0. The Morgan fingerprint density at radius 3 is 2.84 bits per heavy atom. The van der Waals surface area contributed by atoms with E-state index in [4.69, 9.17) is 4.42 Å². The van der Waals surface area contributed by atoms with Gasteiger partial charge in [-0.25, -0.2) is 0 Å². The fraction of sp³-hybridized carbons (Fsp3) is 0.333. The standard InChI is InChI=1S/C15H16N2O2/c1-10-4-2-5-12(16-10)14(11-7-8-11)17-15(18)13-6-3-9-19-13/h2-6,9,11,14H,7-8H2,1H3,(H,17,18). The Labute approximate surface area is 111 Å². The van der Waals surface area contributed by atoms with Crippen LogP contribution in [0.5, 0.6) is 0 Å². The van der Waals surface area contributed by atoms with Crippen LogP contribution >= 0.6 is 0 Å². The lowest BCUT2D eigenvalue weighted by atomic mass is 10.1. The normalized spacial score (nSPS) is 16.1. The Bertz CT molecular complexity index is 574. The zero-order valence-corrected chi connectivity index (χ0v) is 10.8. The third-order valence-corrected chi connectivity index (χ3v) is 3.35. The maximum Gasteiger partial charge on any atom is 0.287 e. The van der Waals surface area contributed by atoms with Crippen molar-refractivity contribution in [3.05, 3.63) is 53.7 Å². The molecule has 1 N–H and O–H groups in total. The molecule has 2 aromatic rings. The fourth-order valence-corrected chi connectivity index (χ4v) is 2.22. The first-order valence-corrected chi connectivity index (χ1v) is 6.52. The molecule has 1 aliphatic rings. The molecule has 0 aromatic carbocycles. The summed E-state index contributed by atoms with van der Waals surface area (Å²) in [5.41, 5.74) is 1.90. The smallest absolute Gasteiger partial charge is 0.287 e. The topological polar surface area (TPSA) is 55.1 Å². The van der Waals surface area contributed by atoms with Crippen molar-refractivity contribution in [3.63, 3.8) is 0 Å². The molecule has 1 unspecified atom stereocenters. The van der Waals surface area contributed by atoms with Crippen molar-refractivity contribution in [2.75, 3.05) is 0 Å². The Morgan fingerprint density at radius 2 is 2.21 bits per heavy atom. The van der Waals surface area contributed by atoms with Gasteiger partial charge in [0, 0.05) is 5.69 Å². The summed E-state index contributed by atoms with van der Waals surface area (Å²) < 4.78 is 5.12. The van der Waals surface area contributed by atoms with Crippen LogP contribution in [0.2, 0.25) is 0 Å². The van der Waals surface area contributed by atoms with E-state index in [9.17, 15) is 4.79 Å². The number of hydrogen-bond donors (Lipinski definition) is 1. The van der Waals surface area contributed by atoms with Crippen molar-refractivity contribution in [3.8, 4) is 0 Å². The van der Waals surface area contributed by atoms with Gasteiger partial charge in [-0.3, -0.25) is 9.78 Å². The van der Waals surface area contributed by atoms with Crippen molar-refractivity contribution < 1.29 is 9.21 Å². The molecule has 1 aliphatic carbocycles. The van der Waals surface area contributed by atoms with Crippen LogP contribution in [0.1, 0.15) is 40.8 Å². The number of rotatable bonds is 4. The molecule has 3 rings (SSSR count). The van der Waals surface area contributed by atoms with Crippen LogP contribution in [0.15, 0.2) is 41.0 Å². The van der Waals surface area contributed by atoms with Crippen LogP contribution in [0.4, 0.5) is 0 Å². The van der Waals surface area contributed by atoms with Crippen molar-refractivity contribution in [1.82, 2.24) is 10.3 Å². The van der Waals surface area contributed by atoms with E-state index < -0.39 is 0 Å². The molecule has 19 heavy (non-hydrogen) atoms. The number of nitrogens with one attached hydrogen (secondary N) is 1. The first-order chi connectivity index (χ1) is 9.24. The van der Waals surface area contributed by atoms with Gasteiger partial charge >= 0.3 is 0 Å². The second kappa shape index (κ2) is 4.88. The molecular formula is C15H16N2O2. The van der Waals surface area contributed by atoms with Gasteiger partial charge in [-0.15, -0.1) is 0 Å². The third-order valence-electron chi connectivity index (χ3n) is 3.35. The van der Waals surface area contributed by atoms with Crippen LogP contribution in [0, 0.1) is 12.8 Å². The van der Waals surface area contributed by atoms with E-state index in [1.54, 1.807) is 12.1 Å². The number of aromatic nitrogens is 1. The Morgan fingerprint density at radius 1 is 1.37 bits per heavy atom. The summed E-state index contributed by atoms with van der Waals surface area (Å²) in [5.74, 6) is 0.664. The summed E-state index contributed by atoms with van der Waals surface area (Å²) >= 11 is 0. The molecule has 4 nitrogen and oxygen atoms in total. The molecule has 98 valence electrons. The summed E-state index contributed by atoms with van der Waals surface area (Å²) in [5, 5.41) is 3.03. The minimum Gasteiger partial charge on any atom is -0.459 e. The molecule has 0 radical (unpaired) electrons. The SMILES string of the molecule is Cc1cccc(C(NC(=O)c2ccco2)C2CC2)n1. The molecule has 1 amide bonds. The molecule has 0 saturated heterocycles. The van der Waals surface area contributed by atoms with Gasteiger partial charge in [0.05, 0.1) is 18.0 Å². The molecule has 0 spiro atoms. The molecule has 1 saturated carbocycles. The summed E-state index contributed by atoms with van der Waals surface area (Å²) in [6, 6.07) is 9.28. The van der Waals surface area contributed by atoms with E-state index in [1.165, 1.54) is 6.26 Å². The van der Waals surface area contributed by atoms with Crippen molar-refractivity contribution in [1.29, 1.82) is 0 Å². The van der Waals surface area contributed by atoms with Crippen LogP contribution in [0.3, 0.4) is 0 Å². The minimum absolute atomic E-state index is 0.0162. The van der Waals surface area contributed by atoms with Crippen LogP contribution in [-0.2, 0) is 0 Å². The number of carbonyl (C=O) groups excluding carboxylic acids is 1.